The van der Waals surface area contributed by atoms with Crippen molar-refractivity contribution in [1.82, 2.24) is 0 Å². The van der Waals surface area contributed by atoms with Gasteiger partial charge in [-0.3, -0.25) is 4.21 Å². The maximum Gasteiger partial charge on any atom is 0.129 e. The number of benzene rings is 3. The predicted octanol–water partition coefficient (Wildman–Crippen LogP) is 3.87. The van der Waals surface area contributed by atoms with Crippen LogP contribution in [0.1, 0.15) is 5.56 Å². The maximum absolute atomic E-state index is 13.8. The third-order valence-corrected chi connectivity index (χ3v) is 4.74. The molecule has 0 bridgehead atoms. The molecular formula is C17H14FNOS. The zero-order chi connectivity index (χ0) is 14.8. The molecule has 3 aromatic carbocycles. The topological polar surface area (TPSA) is 43.1 Å². The van der Waals surface area contributed by atoms with Crippen LogP contribution in [0.3, 0.4) is 0 Å². The van der Waals surface area contributed by atoms with E-state index in [1.54, 1.807) is 12.1 Å². The molecule has 0 fully saturated rings. The van der Waals surface area contributed by atoms with Crippen LogP contribution in [-0.2, 0) is 16.6 Å². The second kappa shape index (κ2) is 5.66. The summed E-state index contributed by atoms with van der Waals surface area (Å²) in [6.45, 7) is 0. The normalized spacial score (nSPS) is 12.4. The van der Waals surface area contributed by atoms with Gasteiger partial charge in [0.1, 0.15) is 5.82 Å². The Balaban J connectivity index is 1.94. The number of rotatable bonds is 3. The lowest BCUT2D eigenvalue weighted by molar-refractivity contribution is 0.616. The number of hydrogen-bond acceptors (Lipinski definition) is 2. The van der Waals surface area contributed by atoms with Crippen LogP contribution in [0.4, 0.5) is 10.1 Å². The first kappa shape index (κ1) is 13.8. The molecule has 3 rings (SSSR count). The second-order valence-electron chi connectivity index (χ2n) is 4.81. The fourth-order valence-electron chi connectivity index (χ4n) is 2.25. The zero-order valence-electron chi connectivity index (χ0n) is 11.3. The molecule has 0 aromatic heterocycles. The smallest absolute Gasteiger partial charge is 0.129 e. The number of hydrogen-bond donors (Lipinski definition) is 1. The van der Waals surface area contributed by atoms with Gasteiger partial charge in [-0.1, -0.05) is 36.4 Å². The van der Waals surface area contributed by atoms with Gasteiger partial charge in [-0.2, -0.15) is 0 Å². The van der Waals surface area contributed by atoms with E-state index in [4.69, 9.17) is 5.73 Å². The Bertz CT molecular complexity index is 812. The van der Waals surface area contributed by atoms with Crippen molar-refractivity contribution in [2.45, 2.75) is 10.6 Å². The van der Waals surface area contributed by atoms with Gasteiger partial charge in [0.05, 0.1) is 16.6 Å². The Morgan fingerprint density at radius 3 is 2.48 bits per heavy atom. The highest BCUT2D eigenvalue weighted by Crippen LogP contribution is 2.23. The van der Waals surface area contributed by atoms with Crippen LogP contribution in [-0.4, -0.2) is 4.21 Å². The molecule has 21 heavy (non-hydrogen) atoms. The summed E-state index contributed by atoms with van der Waals surface area (Å²) in [6, 6.07) is 18.0. The number of anilines is 1. The minimum Gasteiger partial charge on any atom is -0.398 e. The molecule has 0 aliphatic rings. The van der Waals surface area contributed by atoms with E-state index in [-0.39, 0.29) is 5.75 Å². The quantitative estimate of drug-likeness (QED) is 0.746. The number of halogens is 1. The summed E-state index contributed by atoms with van der Waals surface area (Å²) in [5.74, 6) is -0.333. The van der Waals surface area contributed by atoms with Crippen LogP contribution in [0, 0.1) is 5.82 Å². The summed E-state index contributed by atoms with van der Waals surface area (Å²) in [7, 11) is -1.33. The highest BCUT2D eigenvalue weighted by atomic mass is 32.2. The minimum atomic E-state index is -1.33. The summed E-state index contributed by atoms with van der Waals surface area (Å²) in [5.41, 5.74) is 6.41. The van der Waals surface area contributed by atoms with Gasteiger partial charge in [0.25, 0.3) is 0 Å². The van der Waals surface area contributed by atoms with Gasteiger partial charge in [0.2, 0.25) is 0 Å². The molecule has 0 aliphatic carbocycles. The summed E-state index contributed by atoms with van der Waals surface area (Å²) < 4.78 is 26.2. The first-order valence-electron chi connectivity index (χ1n) is 6.55. The highest BCUT2D eigenvalue weighted by Gasteiger charge is 2.12. The molecule has 0 aliphatic heterocycles. The van der Waals surface area contributed by atoms with E-state index >= 15 is 0 Å². The summed E-state index contributed by atoms with van der Waals surface area (Å²) >= 11 is 0. The molecule has 0 saturated heterocycles. The van der Waals surface area contributed by atoms with Crippen LogP contribution in [0.5, 0.6) is 0 Å². The summed E-state index contributed by atoms with van der Waals surface area (Å²) in [4.78, 5) is 0.677. The molecule has 0 radical (unpaired) electrons. The summed E-state index contributed by atoms with van der Waals surface area (Å²) in [5, 5.41) is 2.11. The van der Waals surface area contributed by atoms with E-state index in [0.717, 1.165) is 10.8 Å². The third kappa shape index (κ3) is 2.81. The number of nitrogens with two attached hydrogens (primary N) is 1. The molecule has 4 heteroatoms. The van der Waals surface area contributed by atoms with E-state index in [0.29, 0.717) is 16.1 Å². The van der Waals surface area contributed by atoms with Crippen LogP contribution in [0.2, 0.25) is 0 Å². The Hall–Kier alpha value is -2.20. The van der Waals surface area contributed by atoms with Gasteiger partial charge < -0.3 is 5.73 Å². The number of nitrogen functional groups attached to an aromatic ring is 1. The molecule has 0 saturated carbocycles. The average Bonchev–Trinajstić information content (AvgIpc) is 2.50. The van der Waals surface area contributed by atoms with Gasteiger partial charge in [0, 0.05) is 16.1 Å². The van der Waals surface area contributed by atoms with E-state index < -0.39 is 16.6 Å². The summed E-state index contributed by atoms with van der Waals surface area (Å²) in [6.07, 6.45) is 0. The lowest BCUT2D eigenvalue weighted by Crippen LogP contribution is -2.03. The van der Waals surface area contributed by atoms with Gasteiger partial charge in [-0.05, 0) is 35.0 Å². The standard InChI is InChI=1S/C17H14FNOS/c18-16-6-3-7-17(19)15(16)11-21(20)14-9-8-12-4-1-2-5-13(12)10-14/h1-10H,11,19H2. The molecule has 1 atom stereocenters. The Kier molecular flexibility index (Phi) is 3.71. The molecule has 0 amide bonds. The molecule has 2 N–H and O–H groups in total. The van der Waals surface area contributed by atoms with Gasteiger partial charge >= 0.3 is 0 Å². The Labute approximate surface area is 124 Å². The molecule has 2 nitrogen and oxygen atoms in total. The maximum atomic E-state index is 13.8. The van der Waals surface area contributed by atoms with Gasteiger partial charge in [0.15, 0.2) is 0 Å². The van der Waals surface area contributed by atoms with Crippen molar-refractivity contribution in [2.24, 2.45) is 0 Å². The lowest BCUT2D eigenvalue weighted by Gasteiger charge is -2.08. The van der Waals surface area contributed by atoms with E-state index in [1.807, 2.05) is 42.5 Å². The fraction of sp³-hybridized carbons (Fsp3) is 0.0588. The highest BCUT2D eigenvalue weighted by molar-refractivity contribution is 7.84. The fourth-order valence-corrected chi connectivity index (χ4v) is 3.46. The molecule has 106 valence electrons. The van der Waals surface area contributed by atoms with E-state index in [1.165, 1.54) is 6.07 Å². The van der Waals surface area contributed by atoms with Crippen molar-refractivity contribution in [3.8, 4) is 0 Å². The van der Waals surface area contributed by atoms with Gasteiger partial charge in [-0.15, -0.1) is 0 Å². The molecule has 0 heterocycles. The van der Waals surface area contributed by atoms with Crippen LogP contribution < -0.4 is 5.73 Å². The molecule has 0 spiro atoms. The first-order chi connectivity index (χ1) is 10.1. The van der Waals surface area contributed by atoms with Gasteiger partial charge in [-0.25, -0.2) is 4.39 Å². The van der Waals surface area contributed by atoms with Crippen molar-refractivity contribution in [2.75, 3.05) is 5.73 Å². The van der Waals surface area contributed by atoms with Crippen molar-refractivity contribution in [3.05, 3.63) is 72.0 Å². The Morgan fingerprint density at radius 1 is 0.952 bits per heavy atom. The molecule has 1 unspecified atom stereocenters. The average molecular weight is 299 g/mol. The van der Waals surface area contributed by atoms with Crippen molar-refractivity contribution >= 4 is 27.3 Å². The monoisotopic (exact) mass is 299 g/mol. The number of fused-ring (bicyclic) bond motifs is 1. The van der Waals surface area contributed by atoms with Crippen molar-refractivity contribution in [1.29, 1.82) is 0 Å². The van der Waals surface area contributed by atoms with E-state index in [9.17, 15) is 8.60 Å². The van der Waals surface area contributed by atoms with Crippen LogP contribution in [0.25, 0.3) is 10.8 Å². The Morgan fingerprint density at radius 2 is 1.71 bits per heavy atom. The van der Waals surface area contributed by atoms with Crippen LogP contribution in [0.15, 0.2) is 65.6 Å². The molecular weight excluding hydrogens is 285 g/mol. The van der Waals surface area contributed by atoms with Crippen molar-refractivity contribution in [3.63, 3.8) is 0 Å². The minimum absolute atomic E-state index is 0.0802. The lowest BCUT2D eigenvalue weighted by atomic mass is 10.1. The van der Waals surface area contributed by atoms with E-state index in [2.05, 4.69) is 0 Å². The van der Waals surface area contributed by atoms with Crippen molar-refractivity contribution < 1.29 is 8.60 Å². The second-order valence-corrected chi connectivity index (χ2v) is 6.26. The molecule has 3 aromatic rings. The largest absolute Gasteiger partial charge is 0.398 e. The zero-order valence-corrected chi connectivity index (χ0v) is 12.1. The van der Waals surface area contributed by atoms with Crippen LogP contribution >= 0.6 is 0 Å². The SMILES string of the molecule is Nc1cccc(F)c1CS(=O)c1ccc2ccccc2c1. The first-order valence-corrected chi connectivity index (χ1v) is 7.87. The third-order valence-electron chi connectivity index (χ3n) is 3.41. The predicted molar refractivity (Wildman–Crippen MR) is 84.9 cm³/mol.